The van der Waals surface area contributed by atoms with Gasteiger partial charge in [0.05, 0.1) is 12.3 Å². The predicted molar refractivity (Wildman–Crippen MR) is 70.5 cm³/mol. The zero-order chi connectivity index (χ0) is 12.7. The van der Waals surface area contributed by atoms with Crippen molar-refractivity contribution in [3.63, 3.8) is 0 Å². The summed E-state index contributed by atoms with van der Waals surface area (Å²) in [5, 5.41) is 9.85. The van der Waals surface area contributed by atoms with E-state index in [1.807, 2.05) is 32.0 Å². The fourth-order valence-electron chi connectivity index (χ4n) is 1.97. The first-order chi connectivity index (χ1) is 8.67. The molecule has 0 aliphatic heterocycles. The van der Waals surface area contributed by atoms with Gasteiger partial charge in [0, 0.05) is 17.4 Å². The summed E-state index contributed by atoms with van der Waals surface area (Å²) < 4.78 is 5.52. The van der Waals surface area contributed by atoms with Crippen molar-refractivity contribution in [2.45, 2.75) is 20.5 Å². The molecule has 0 saturated heterocycles. The molecule has 0 fully saturated rings. The van der Waals surface area contributed by atoms with E-state index < -0.39 is 0 Å². The van der Waals surface area contributed by atoms with Crippen molar-refractivity contribution < 1.29 is 9.52 Å². The molecular weight excluding hydrogens is 248 g/mol. The Morgan fingerprint density at radius 3 is 2.83 bits per heavy atom. The van der Waals surface area contributed by atoms with E-state index in [0.29, 0.717) is 5.89 Å². The minimum atomic E-state index is -0.0187. The molecule has 18 heavy (non-hydrogen) atoms. The van der Waals surface area contributed by atoms with Gasteiger partial charge < -0.3 is 9.52 Å². The van der Waals surface area contributed by atoms with Gasteiger partial charge in [0.15, 0.2) is 11.5 Å². The lowest BCUT2D eigenvalue weighted by atomic mass is 10.1. The Morgan fingerprint density at radius 2 is 2.11 bits per heavy atom. The summed E-state index contributed by atoms with van der Waals surface area (Å²) in [7, 11) is 0. The maximum Gasteiger partial charge on any atom is 0.192 e. The number of oxazole rings is 1. The van der Waals surface area contributed by atoms with Crippen LogP contribution in [-0.4, -0.2) is 15.1 Å². The number of benzene rings is 1. The molecule has 1 N–H and O–H groups in total. The first-order valence-electron chi connectivity index (χ1n) is 5.62. The summed E-state index contributed by atoms with van der Waals surface area (Å²) in [6.07, 6.45) is 0. The lowest BCUT2D eigenvalue weighted by molar-refractivity contribution is 0.281. The second-order valence-corrected chi connectivity index (χ2v) is 5.37. The normalized spacial score (nSPS) is 11.3. The monoisotopic (exact) mass is 260 g/mol. The van der Waals surface area contributed by atoms with E-state index in [9.17, 15) is 0 Å². The van der Waals surface area contributed by atoms with Crippen LogP contribution in [0.1, 0.15) is 15.8 Å². The highest BCUT2D eigenvalue weighted by atomic mass is 32.1. The quantitative estimate of drug-likeness (QED) is 0.769. The molecule has 2 aromatic heterocycles. The standard InChI is InChI=1S/C13H12N2O2S/c1-7-13(15-12(6-16)18-7)9-3-4-10-11(5-9)17-8(2)14-10/h3-5,16H,6H2,1-2H3. The Morgan fingerprint density at radius 1 is 1.28 bits per heavy atom. The van der Waals surface area contributed by atoms with Crippen molar-refractivity contribution in [2.75, 3.05) is 0 Å². The second-order valence-electron chi connectivity index (χ2n) is 4.09. The van der Waals surface area contributed by atoms with Gasteiger partial charge in [0.2, 0.25) is 0 Å². The largest absolute Gasteiger partial charge is 0.441 e. The van der Waals surface area contributed by atoms with Crippen molar-refractivity contribution in [1.82, 2.24) is 9.97 Å². The highest BCUT2D eigenvalue weighted by Gasteiger charge is 2.11. The number of aromatic nitrogens is 2. The van der Waals surface area contributed by atoms with E-state index in [4.69, 9.17) is 9.52 Å². The van der Waals surface area contributed by atoms with Crippen LogP contribution < -0.4 is 0 Å². The molecule has 0 aliphatic carbocycles. The zero-order valence-electron chi connectivity index (χ0n) is 10.1. The molecule has 0 amide bonds. The third-order valence-corrected chi connectivity index (χ3v) is 3.70. The Labute approximate surface area is 108 Å². The molecule has 0 saturated carbocycles. The third kappa shape index (κ3) is 1.81. The molecule has 3 rings (SSSR count). The van der Waals surface area contributed by atoms with E-state index in [1.165, 1.54) is 11.3 Å². The second kappa shape index (κ2) is 4.19. The first-order valence-corrected chi connectivity index (χ1v) is 6.44. The average molecular weight is 260 g/mol. The Hall–Kier alpha value is -1.72. The Kier molecular flexibility index (Phi) is 2.65. The van der Waals surface area contributed by atoms with Crippen LogP contribution >= 0.6 is 11.3 Å². The molecule has 0 aliphatic rings. The topological polar surface area (TPSA) is 59.2 Å². The van der Waals surface area contributed by atoms with Crippen LogP contribution in [-0.2, 0) is 6.61 Å². The van der Waals surface area contributed by atoms with Gasteiger partial charge in [-0.3, -0.25) is 0 Å². The number of thiazole rings is 1. The molecule has 3 aromatic rings. The van der Waals surface area contributed by atoms with Crippen LogP contribution in [0.5, 0.6) is 0 Å². The maximum absolute atomic E-state index is 9.12. The van der Waals surface area contributed by atoms with E-state index in [0.717, 1.165) is 32.2 Å². The summed E-state index contributed by atoms with van der Waals surface area (Å²) >= 11 is 1.51. The summed E-state index contributed by atoms with van der Waals surface area (Å²) in [6, 6.07) is 5.85. The smallest absolute Gasteiger partial charge is 0.192 e. The molecule has 0 spiro atoms. The van der Waals surface area contributed by atoms with Crippen LogP contribution in [0.4, 0.5) is 0 Å². The molecule has 0 radical (unpaired) electrons. The molecule has 0 atom stereocenters. The van der Waals surface area contributed by atoms with E-state index in [1.54, 1.807) is 0 Å². The van der Waals surface area contributed by atoms with Gasteiger partial charge >= 0.3 is 0 Å². The Bertz CT molecular complexity index is 715. The summed E-state index contributed by atoms with van der Waals surface area (Å²) in [4.78, 5) is 9.78. The number of hydrogen-bond acceptors (Lipinski definition) is 5. The van der Waals surface area contributed by atoms with Crippen LogP contribution in [0.15, 0.2) is 22.6 Å². The number of aliphatic hydroxyl groups is 1. The van der Waals surface area contributed by atoms with Crippen molar-refractivity contribution in [2.24, 2.45) is 0 Å². The average Bonchev–Trinajstić information content (AvgIpc) is 2.89. The molecule has 0 unspecified atom stereocenters. The summed E-state index contributed by atoms with van der Waals surface area (Å²) in [5.41, 5.74) is 3.52. The molecule has 92 valence electrons. The van der Waals surface area contributed by atoms with E-state index in [2.05, 4.69) is 9.97 Å². The number of aliphatic hydroxyl groups excluding tert-OH is 1. The zero-order valence-corrected chi connectivity index (χ0v) is 10.9. The fourth-order valence-corrected chi connectivity index (χ4v) is 2.79. The van der Waals surface area contributed by atoms with Crippen LogP contribution in [0.2, 0.25) is 0 Å². The predicted octanol–water partition coefficient (Wildman–Crippen LogP) is 3.06. The van der Waals surface area contributed by atoms with Crippen LogP contribution in [0, 0.1) is 13.8 Å². The van der Waals surface area contributed by atoms with Gasteiger partial charge in [-0.1, -0.05) is 6.07 Å². The molecule has 5 heteroatoms. The van der Waals surface area contributed by atoms with Crippen molar-refractivity contribution in [3.05, 3.63) is 34.0 Å². The molecule has 4 nitrogen and oxygen atoms in total. The molecular formula is C13H12N2O2S. The van der Waals surface area contributed by atoms with Gasteiger partial charge in [-0.2, -0.15) is 0 Å². The Balaban J connectivity index is 2.15. The van der Waals surface area contributed by atoms with Gasteiger partial charge in [-0.05, 0) is 19.1 Å². The van der Waals surface area contributed by atoms with Crippen molar-refractivity contribution >= 4 is 22.4 Å². The maximum atomic E-state index is 9.12. The highest BCUT2D eigenvalue weighted by Crippen LogP contribution is 2.30. The van der Waals surface area contributed by atoms with Gasteiger partial charge in [-0.15, -0.1) is 11.3 Å². The minimum absolute atomic E-state index is 0.0187. The first kappa shape index (κ1) is 11.4. The van der Waals surface area contributed by atoms with Crippen molar-refractivity contribution in [1.29, 1.82) is 0 Å². The SMILES string of the molecule is Cc1nc2ccc(-c3nc(CO)sc3C)cc2o1. The number of fused-ring (bicyclic) bond motifs is 1. The van der Waals surface area contributed by atoms with Gasteiger partial charge in [0.1, 0.15) is 10.5 Å². The number of nitrogens with zero attached hydrogens (tertiary/aromatic N) is 2. The van der Waals surface area contributed by atoms with Gasteiger partial charge in [-0.25, -0.2) is 9.97 Å². The van der Waals surface area contributed by atoms with E-state index in [-0.39, 0.29) is 6.61 Å². The third-order valence-electron chi connectivity index (χ3n) is 2.74. The highest BCUT2D eigenvalue weighted by molar-refractivity contribution is 7.12. The van der Waals surface area contributed by atoms with Crippen molar-refractivity contribution in [3.8, 4) is 11.3 Å². The van der Waals surface area contributed by atoms with Crippen LogP contribution in [0.25, 0.3) is 22.4 Å². The van der Waals surface area contributed by atoms with Gasteiger partial charge in [0.25, 0.3) is 0 Å². The van der Waals surface area contributed by atoms with Crippen LogP contribution in [0.3, 0.4) is 0 Å². The number of hydrogen-bond donors (Lipinski definition) is 1. The fraction of sp³-hybridized carbons (Fsp3) is 0.231. The van der Waals surface area contributed by atoms with E-state index >= 15 is 0 Å². The lowest BCUT2D eigenvalue weighted by Gasteiger charge is -1.97. The molecule has 0 bridgehead atoms. The summed E-state index contributed by atoms with van der Waals surface area (Å²) in [6.45, 7) is 3.81. The molecule has 2 heterocycles. The lowest BCUT2D eigenvalue weighted by Crippen LogP contribution is -1.83. The summed E-state index contributed by atoms with van der Waals surface area (Å²) in [5.74, 6) is 0.660. The minimum Gasteiger partial charge on any atom is -0.441 e. The number of rotatable bonds is 2. The number of aryl methyl sites for hydroxylation is 2. The molecule has 1 aromatic carbocycles.